The fraction of sp³-hybridized carbons (Fsp3) is 0.500. The van der Waals surface area contributed by atoms with Crippen molar-refractivity contribution in [3.05, 3.63) is 39.9 Å². The summed E-state index contributed by atoms with van der Waals surface area (Å²) in [6, 6.07) is 5.32. The molecule has 0 N–H and O–H groups in total. The van der Waals surface area contributed by atoms with E-state index in [0.717, 1.165) is 25.7 Å². The van der Waals surface area contributed by atoms with Crippen LogP contribution in [0.3, 0.4) is 0 Å². The standard InChI is InChI=1S/C16H20N2O5/c1-2-13-5-3-4-10-17(13)15(19)11-23-16(20)12-6-8-14(9-7-12)18(21)22/h6-9,13H,2-5,10-11H2,1H3/t13-/m0/s1. The van der Waals surface area contributed by atoms with Crippen LogP contribution in [0.5, 0.6) is 0 Å². The van der Waals surface area contributed by atoms with Gasteiger partial charge in [-0.2, -0.15) is 0 Å². The number of nitrogens with zero attached hydrogens (tertiary/aromatic N) is 2. The summed E-state index contributed by atoms with van der Waals surface area (Å²) in [4.78, 5) is 35.9. The van der Waals surface area contributed by atoms with Crippen LogP contribution in [0.4, 0.5) is 5.69 Å². The lowest BCUT2D eigenvalue weighted by Crippen LogP contribution is -2.45. The topological polar surface area (TPSA) is 89.8 Å². The molecule has 0 bridgehead atoms. The molecule has 1 aliphatic rings. The van der Waals surface area contributed by atoms with Crippen LogP contribution < -0.4 is 0 Å². The molecule has 1 amide bonds. The van der Waals surface area contributed by atoms with Gasteiger partial charge in [0.15, 0.2) is 6.61 Å². The van der Waals surface area contributed by atoms with Crippen LogP contribution in [0, 0.1) is 10.1 Å². The molecule has 0 spiro atoms. The van der Waals surface area contributed by atoms with Gasteiger partial charge in [-0.05, 0) is 37.8 Å². The lowest BCUT2D eigenvalue weighted by atomic mass is 10.00. The van der Waals surface area contributed by atoms with E-state index in [1.807, 2.05) is 6.92 Å². The minimum Gasteiger partial charge on any atom is -0.452 e. The molecule has 0 aromatic heterocycles. The molecule has 0 aliphatic carbocycles. The van der Waals surface area contributed by atoms with Gasteiger partial charge in [-0.3, -0.25) is 14.9 Å². The van der Waals surface area contributed by atoms with Crippen LogP contribution in [-0.4, -0.2) is 40.9 Å². The molecule has 2 rings (SSSR count). The second-order valence-corrected chi connectivity index (χ2v) is 5.53. The van der Waals surface area contributed by atoms with Gasteiger partial charge in [0, 0.05) is 24.7 Å². The Morgan fingerprint density at radius 1 is 1.30 bits per heavy atom. The molecule has 124 valence electrons. The molecule has 7 heteroatoms. The summed E-state index contributed by atoms with van der Waals surface area (Å²) in [5, 5.41) is 10.6. The highest BCUT2D eigenvalue weighted by Crippen LogP contribution is 2.19. The predicted octanol–water partition coefficient (Wildman–Crippen LogP) is 2.54. The second kappa shape index (κ2) is 7.71. The number of non-ortho nitro benzene ring substituents is 1. The minimum atomic E-state index is -0.654. The molecule has 1 atom stereocenters. The molecule has 1 aromatic carbocycles. The Kier molecular flexibility index (Phi) is 5.67. The summed E-state index contributed by atoms with van der Waals surface area (Å²) in [7, 11) is 0. The van der Waals surface area contributed by atoms with Crippen LogP contribution in [0.25, 0.3) is 0 Å². The third kappa shape index (κ3) is 4.28. The molecule has 0 saturated carbocycles. The van der Waals surface area contributed by atoms with E-state index < -0.39 is 10.9 Å². The van der Waals surface area contributed by atoms with Gasteiger partial charge in [-0.15, -0.1) is 0 Å². The van der Waals surface area contributed by atoms with Gasteiger partial charge in [0.25, 0.3) is 11.6 Å². The fourth-order valence-corrected chi connectivity index (χ4v) is 2.77. The van der Waals surface area contributed by atoms with E-state index in [-0.39, 0.29) is 29.8 Å². The van der Waals surface area contributed by atoms with Crippen molar-refractivity contribution in [1.82, 2.24) is 4.90 Å². The van der Waals surface area contributed by atoms with Gasteiger partial charge in [0.05, 0.1) is 10.5 Å². The zero-order valence-electron chi connectivity index (χ0n) is 13.1. The molecule has 1 saturated heterocycles. The number of carbonyl (C=O) groups is 2. The normalized spacial score (nSPS) is 17.6. The number of nitro groups is 1. The van der Waals surface area contributed by atoms with Crippen LogP contribution >= 0.6 is 0 Å². The van der Waals surface area contributed by atoms with Crippen molar-refractivity contribution in [3.63, 3.8) is 0 Å². The number of benzene rings is 1. The average Bonchev–Trinajstić information content (AvgIpc) is 2.59. The largest absolute Gasteiger partial charge is 0.452 e. The Hall–Kier alpha value is -2.44. The summed E-state index contributed by atoms with van der Waals surface area (Å²) < 4.78 is 5.04. The van der Waals surface area contributed by atoms with Crippen LogP contribution in [0.15, 0.2) is 24.3 Å². The first kappa shape index (κ1) is 16.9. The van der Waals surface area contributed by atoms with E-state index in [4.69, 9.17) is 4.74 Å². The Bertz CT molecular complexity index is 585. The first-order chi connectivity index (χ1) is 11.0. The summed E-state index contributed by atoms with van der Waals surface area (Å²) in [6.45, 7) is 2.44. The Morgan fingerprint density at radius 3 is 2.61 bits per heavy atom. The van der Waals surface area contributed by atoms with Crippen molar-refractivity contribution in [2.75, 3.05) is 13.2 Å². The quantitative estimate of drug-likeness (QED) is 0.472. The molecule has 1 aliphatic heterocycles. The zero-order valence-corrected chi connectivity index (χ0v) is 13.1. The van der Waals surface area contributed by atoms with Gasteiger partial charge in [0.1, 0.15) is 0 Å². The average molecular weight is 320 g/mol. The lowest BCUT2D eigenvalue weighted by molar-refractivity contribution is -0.384. The molecule has 23 heavy (non-hydrogen) atoms. The molecule has 1 aromatic rings. The molecule has 0 unspecified atom stereocenters. The molecular formula is C16H20N2O5. The molecule has 1 heterocycles. The number of rotatable bonds is 5. The highest BCUT2D eigenvalue weighted by atomic mass is 16.6. The van der Waals surface area contributed by atoms with Gasteiger partial charge in [-0.1, -0.05) is 6.92 Å². The molecule has 0 radical (unpaired) electrons. The monoisotopic (exact) mass is 320 g/mol. The number of esters is 1. The first-order valence-electron chi connectivity index (χ1n) is 7.74. The number of hydrogen-bond acceptors (Lipinski definition) is 5. The maximum absolute atomic E-state index is 12.2. The maximum atomic E-state index is 12.2. The van der Waals surface area contributed by atoms with Crippen molar-refractivity contribution in [3.8, 4) is 0 Å². The first-order valence-corrected chi connectivity index (χ1v) is 7.74. The summed E-state index contributed by atoms with van der Waals surface area (Å²) in [5.74, 6) is -0.842. The summed E-state index contributed by atoms with van der Waals surface area (Å²) >= 11 is 0. The number of ether oxygens (including phenoxy) is 1. The number of nitro benzene ring substituents is 1. The number of likely N-dealkylation sites (tertiary alicyclic amines) is 1. The Balaban J connectivity index is 1.90. The molecule has 1 fully saturated rings. The van der Waals surface area contributed by atoms with Crippen molar-refractivity contribution in [2.24, 2.45) is 0 Å². The van der Waals surface area contributed by atoms with E-state index in [1.54, 1.807) is 4.90 Å². The van der Waals surface area contributed by atoms with E-state index in [9.17, 15) is 19.7 Å². The Morgan fingerprint density at radius 2 is 2.00 bits per heavy atom. The van der Waals surface area contributed by atoms with Crippen molar-refractivity contribution in [1.29, 1.82) is 0 Å². The van der Waals surface area contributed by atoms with E-state index in [1.165, 1.54) is 24.3 Å². The van der Waals surface area contributed by atoms with Crippen LogP contribution in [0.2, 0.25) is 0 Å². The maximum Gasteiger partial charge on any atom is 0.338 e. The van der Waals surface area contributed by atoms with Gasteiger partial charge in [-0.25, -0.2) is 4.79 Å². The highest BCUT2D eigenvalue weighted by Gasteiger charge is 2.26. The summed E-state index contributed by atoms with van der Waals surface area (Å²) in [5.41, 5.74) is 0.0887. The smallest absolute Gasteiger partial charge is 0.338 e. The number of amides is 1. The number of piperidine rings is 1. The third-order valence-electron chi connectivity index (χ3n) is 4.06. The van der Waals surface area contributed by atoms with E-state index >= 15 is 0 Å². The van der Waals surface area contributed by atoms with Crippen LogP contribution in [-0.2, 0) is 9.53 Å². The van der Waals surface area contributed by atoms with E-state index in [2.05, 4.69) is 0 Å². The zero-order chi connectivity index (χ0) is 16.8. The molecular weight excluding hydrogens is 300 g/mol. The van der Waals surface area contributed by atoms with E-state index in [0.29, 0.717) is 6.54 Å². The fourth-order valence-electron chi connectivity index (χ4n) is 2.77. The SMILES string of the molecule is CC[C@H]1CCCCN1C(=O)COC(=O)c1ccc([N+](=O)[O-])cc1. The van der Waals surface area contributed by atoms with Crippen molar-refractivity contribution in [2.45, 2.75) is 38.6 Å². The van der Waals surface area contributed by atoms with Crippen molar-refractivity contribution < 1.29 is 19.2 Å². The van der Waals surface area contributed by atoms with Gasteiger partial charge >= 0.3 is 5.97 Å². The number of carbonyl (C=O) groups excluding carboxylic acids is 2. The molecule has 7 nitrogen and oxygen atoms in total. The van der Waals surface area contributed by atoms with Crippen molar-refractivity contribution >= 4 is 17.6 Å². The van der Waals surface area contributed by atoms with Gasteiger partial charge in [0.2, 0.25) is 0 Å². The third-order valence-corrected chi connectivity index (χ3v) is 4.06. The minimum absolute atomic E-state index is 0.100. The predicted molar refractivity (Wildman–Crippen MR) is 83.0 cm³/mol. The number of hydrogen-bond donors (Lipinski definition) is 0. The summed E-state index contributed by atoms with van der Waals surface area (Å²) in [6.07, 6.45) is 3.96. The highest BCUT2D eigenvalue weighted by molar-refractivity contribution is 5.91. The van der Waals surface area contributed by atoms with Gasteiger partial charge < -0.3 is 9.64 Å². The van der Waals surface area contributed by atoms with Crippen LogP contribution in [0.1, 0.15) is 43.0 Å². The lowest BCUT2D eigenvalue weighted by Gasteiger charge is -2.35. The second-order valence-electron chi connectivity index (χ2n) is 5.53. The Labute approximate surface area is 134 Å².